The van der Waals surface area contributed by atoms with Gasteiger partial charge in [-0.05, 0) is 59.1 Å². The van der Waals surface area contributed by atoms with Crippen LogP contribution < -0.4 is 5.32 Å². The van der Waals surface area contributed by atoms with Crippen molar-refractivity contribution >= 4 is 21.9 Å². The molecule has 0 atom stereocenters. The molecule has 0 amide bonds. The summed E-state index contributed by atoms with van der Waals surface area (Å²) in [7, 11) is 1.78. The van der Waals surface area contributed by atoms with Gasteiger partial charge in [-0.1, -0.05) is 12.1 Å². The summed E-state index contributed by atoms with van der Waals surface area (Å²) in [6.45, 7) is 9.12. The van der Waals surface area contributed by atoms with Crippen LogP contribution >= 0.6 is 15.9 Å². The molecule has 0 aliphatic rings. The largest absolute Gasteiger partial charge is 0.458 e. The Bertz CT molecular complexity index is 833. The van der Waals surface area contributed by atoms with Gasteiger partial charge in [-0.2, -0.15) is 0 Å². The quantitative estimate of drug-likeness (QED) is 0.300. The monoisotopic (exact) mass is 468 g/mol. The molecule has 8 heteroatoms. The maximum atomic E-state index is 12.4. The number of halogens is 1. The fourth-order valence-electron chi connectivity index (χ4n) is 3.03. The van der Waals surface area contributed by atoms with Crippen LogP contribution in [0.5, 0.6) is 0 Å². The van der Waals surface area contributed by atoms with Gasteiger partial charge >= 0.3 is 5.97 Å². The summed E-state index contributed by atoms with van der Waals surface area (Å²) in [4.78, 5) is 15.5. The Morgan fingerprint density at radius 1 is 1.17 bits per heavy atom. The lowest BCUT2D eigenvalue weighted by Crippen LogP contribution is -2.13. The summed E-state index contributed by atoms with van der Waals surface area (Å²) in [5.41, 5.74) is 3.91. The Labute approximate surface area is 179 Å². The smallest absolute Gasteiger partial charge is 0.356 e. The number of carbonyl (C=O) groups is 1. The first-order valence-corrected chi connectivity index (χ1v) is 9.91. The topological polar surface area (TPSA) is 115 Å². The average molecular weight is 469 g/mol. The molecule has 0 spiro atoms. The lowest BCUT2D eigenvalue weighted by molar-refractivity contribution is 0.0370. The molecule has 1 heterocycles. The Hall–Kier alpha value is -1.97. The highest BCUT2D eigenvalue weighted by Crippen LogP contribution is 2.39. The van der Waals surface area contributed by atoms with Crippen molar-refractivity contribution in [3.8, 4) is 11.1 Å². The number of ether oxygens (including phenoxy) is 1. The number of hydrogen-bond acceptors (Lipinski definition) is 6. The number of H-pyrrole nitrogens is 1. The third-order valence-electron chi connectivity index (χ3n) is 4.20. The van der Waals surface area contributed by atoms with Crippen LogP contribution in [0.4, 0.5) is 0 Å². The highest BCUT2D eigenvalue weighted by atomic mass is 79.9. The molecule has 5 N–H and O–H groups in total. The van der Waals surface area contributed by atoms with Gasteiger partial charge in [-0.25, -0.2) is 4.79 Å². The van der Waals surface area contributed by atoms with Crippen molar-refractivity contribution in [3.05, 3.63) is 57.8 Å². The van der Waals surface area contributed by atoms with Crippen LogP contribution in [0.15, 0.2) is 29.8 Å². The highest BCUT2D eigenvalue weighted by molar-refractivity contribution is 9.10. The van der Waals surface area contributed by atoms with Crippen LogP contribution in [0.2, 0.25) is 0 Å². The van der Waals surface area contributed by atoms with E-state index in [4.69, 9.17) is 4.74 Å². The Balaban J connectivity index is 0.00000204. The summed E-state index contributed by atoms with van der Waals surface area (Å²) in [6, 6.07) is 3.47. The minimum Gasteiger partial charge on any atom is -0.458 e. The first kappa shape index (κ1) is 25.1. The maximum absolute atomic E-state index is 12.4. The average Bonchev–Trinajstić information content (AvgIpc) is 3.03. The van der Waals surface area contributed by atoms with Gasteiger partial charge in [0, 0.05) is 17.8 Å². The van der Waals surface area contributed by atoms with Crippen molar-refractivity contribution in [2.24, 2.45) is 0 Å². The van der Waals surface area contributed by atoms with E-state index in [-0.39, 0.29) is 31.6 Å². The molecular formula is C21H29BrN2O5. The number of carbonyl (C=O) groups excluding carboxylic acids is 1. The van der Waals surface area contributed by atoms with Crippen molar-refractivity contribution in [1.29, 1.82) is 0 Å². The minimum atomic E-state index is -0.486. The van der Waals surface area contributed by atoms with Crippen molar-refractivity contribution in [2.75, 3.05) is 7.05 Å². The van der Waals surface area contributed by atoms with Gasteiger partial charge in [0.15, 0.2) is 0 Å². The van der Waals surface area contributed by atoms with Gasteiger partial charge in [-0.3, -0.25) is 0 Å². The number of aliphatic hydroxyl groups is 3. The molecule has 160 valence electrons. The molecule has 2 aromatic rings. The van der Waals surface area contributed by atoms with E-state index >= 15 is 0 Å². The molecule has 1 aromatic carbocycles. The SMILES string of the molecule is C=C.CNCc1[nH]c(C(=O)OC(C)C)c(Br)c1-c1ccc(CO)c(CO)c1CO. The molecule has 0 radical (unpaired) electrons. The van der Waals surface area contributed by atoms with Crippen LogP contribution in [0, 0.1) is 0 Å². The zero-order chi connectivity index (χ0) is 22.1. The van der Waals surface area contributed by atoms with Crippen molar-refractivity contribution in [3.63, 3.8) is 0 Å². The van der Waals surface area contributed by atoms with Gasteiger partial charge < -0.3 is 30.4 Å². The van der Waals surface area contributed by atoms with E-state index in [1.165, 1.54) is 0 Å². The van der Waals surface area contributed by atoms with Crippen molar-refractivity contribution in [2.45, 2.75) is 46.3 Å². The molecule has 0 bridgehead atoms. The van der Waals surface area contributed by atoms with Crippen LogP contribution in [-0.4, -0.2) is 39.4 Å². The summed E-state index contributed by atoms with van der Waals surface area (Å²) < 4.78 is 5.82. The molecule has 0 aliphatic heterocycles. The fraction of sp³-hybridized carbons (Fsp3) is 0.381. The summed E-state index contributed by atoms with van der Waals surface area (Å²) in [6.07, 6.45) is -0.262. The van der Waals surface area contributed by atoms with Crippen molar-refractivity contribution in [1.82, 2.24) is 10.3 Å². The molecule has 0 aliphatic carbocycles. The van der Waals surface area contributed by atoms with E-state index in [0.717, 1.165) is 5.69 Å². The first-order chi connectivity index (χ1) is 13.9. The van der Waals surface area contributed by atoms with Gasteiger partial charge in [0.2, 0.25) is 0 Å². The molecule has 0 saturated carbocycles. The second-order valence-electron chi connectivity index (χ2n) is 6.36. The predicted molar refractivity (Wildman–Crippen MR) is 116 cm³/mol. The number of nitrogens with one attached hydrogen (secondary N) is 2. The number of aromatic amines is 1. The van der Waals surface area contributed by atoms with E-state index in [1.807, 2.05) is 0 Å². The lowest BCUT2D eigenvalue weighted by Gasteiger charge is -2.16. The molecule has 29 heavy (non-hydrogen) atoms. The number of aromatic nitrogens is 1. The number of hydrogen-bond donors (Lipinski definition) is 5. The maximum Gasteiger partial charge on any atom is 0.356 e. The van der Waals surface area contributed by atoms with Gasteiger partial charge in [0.1, 0.15) is 5.69 Å². The Morgan fingerprint density at radius 3 is 2.28 bits per heavy atom. The van der Waals surface area contributed by atoms with E-state index in [9.17, 15) is 20.1 Å². The molecule has 1 aromatic heterocycles. The van der Waals surface area contributed by atoms with Crippen molar-refractivity contribution < 1.29 is 24.9 Å². The number of esters is 1. The van der Waals surface area contributed by atoms with Crippen LogP contribution in [0.1, 0.15) is 46.7 Å². The summed E-state index contributed by atoms with van der Waals surface area (Å²) >= 11 is 3.49. The molecule has 0 saturated heterocycles. The fourth-order valence-corrected chi connectivity index (χ4v) is 3.74. The van der Waals surface area contributed by atoms with E-state index < -0.39 is 5.97 Å². The summed E-state index contributed by atoms with van der Waals surface area (Å²) in [5, 5.41) is 32.2. The van der Waals surface area contributed by atoms with Gasteiger partial charge in [-0.15, -0.1) is 13.2 Å². The third kappa shape index (κ3) is 5.55. The second kappa shape index (κ2) is 11.9. The highest BCUT2D eigenvalue weighted by Gasteiger charge is 2.25. The Kier molecular flexibility index (Phi) is 10.3. The molecule has 0 unspecified atom stereocenters. The zero-order valence-electron chi connectivity index (χ0n) is 17.0. The molecule has 7 nitrogen and oxygen atoms in total. The normalized spacial score (nSPS) is 10.6. The molecule has 2 rings (SSSR count). The number of benzene rings is 1. The first-order valence-electron chi connectivity index (χ1n) is 9.11. The van der Waals surface area contributed by atoms with Gasteiger partial charge in [0.25, 0.3) is 0 Å². The lowest BCUT2D eigenvalue weighted by atomic mass is 9.92. The van der Waals surface area contributed by atoms with E-state index in [0.29, 0.717) is 38.8 Å². The van der Waals surface area contributed by atoms with Gasteiger partial charge in [0.05, 0.1) is 30.4 Å². The van der Waals surface area contributed by atoms with E-state index in [1.54, 1.807) is 33.0 Å². The third-order valence-corrected chi connectivity index (χ3v) is 4.99. The van der Waals surface area contributed by atoms with Crippen LogP contribution in [-0.2, 0) is 31.1 Å². The van der Waals surface area contributed by atoms with Crippen LogP contribution in [0.3, 0.4) is 0 Å². The minimum absolute atomic E-state index is 0.243. The van der Waals surface area contributed by atoms with E-state index in [2.05, 4.69) is 39.4 Å². The number of rotatable bonds is 8. The predicted octanol–water partition coefficient (Wildman–Crippen LogP) is 3.01. The second-order valence-corrected chi connectivity index (χ2v) is 7.15. The standard InChI is InChI=1S/C19H25BrN2O5.C2H4/c1-10(2)27-19(26)18-17(20)16(15(22-18)6-21-3)12-5-4-11(7-23)13(8-24)14(12)9-25;1-2/h4-5,10,21-25H,6-9H2,1-3H3;1-2H2. The Morgan fingerprint density at radius 2 is 1.79 bits per heavy atom. The number of aliphatic hydroxyl groups excluding tert-OH is 3. The zero-order valence-corrected chi connectivity index (χ0v) is 18.6. The molecular weight excluding hydrogens is 440 g/mol. The van der Waals surface area contributed by atoms with Crippen LogP contribution in [0.25, 0.3) is 11.1 Å². The summed E-state index contributed by atoms with van der Waals surface area (Å²) in [5.74, 6) is -0.486. The molecule has 0 fully saturated rings.